The van der Waals surface area contributed by atoms with Crippen LogP contribution in [0.3, 0.4) is 0 Å². The molecule has 1 atom stereocenters. The van der Waals surface area contributed by atoms with Crippen LogP contribution in [0.5, 0.6) is 0 Å². The van der Waals surface area contributed by atoms with Gasteiger partial charge < -0.3 is 5.32 Å². The van der Waals surface area contributed by atoms with E-state index in [0.717, 1.165) is 12.3 Å². The Hall–Kier alpha value is -0.480. The maximum atomic E-state index is 4.30. The average molecular weight is 227 g/mol. The summed E-state index contributed by atoms with van der Waals surface area (Å²) in [5, 5.41) is 8.32. The third-order valence-corrected chi connectivity index (χ3v) is 3.52. The number of hydrogen-bond donors (Lipinski definition) is 1. The third kappa shape index (κ3) is 3.87. The molecule has 3 nitrogen and oxygen atoms in total. The molecule has 1 unspecified atom stereocenters. The fourth-order valence-electron chi connectivity index (χ4n) is 1.37. The van der Waals surface area contributed by atoms with Gasteiger partial charge in [-0.05, 0) is 19.2 Å². The lowest BCUT2D eigenvalue weighted by Gasteiger charge is -2.15. The maximum absolute atomic E-state index is 4.30. The normalized spacial score (nSPS) is 13.4. The van der Waals surface area contributed by atoms with Gasteiger partial charge in [-0.3, -0.25) is 4.68 Å². The minimum absolute atomic E-state index is 0.415. The van der Waals surface area contributed by atoms with E-state index in [2.05, 4.69) is 37.4 Å². The molecule has 1 heterocycles. The summed E-state index contributed by atoms with van der Waals surface area (Å²) in [5.74, 6) is 1.10. The van der Waals surface area contributed by atoms with Gasteiger partial charge in [-0.15, -0.1) is 0 Å². The lowest BCUT2D eigenvalue weighted by Crippen LogP contribution is -2.19. The summed E-state index contributed by atoms with van der Waals surface area (Å²) in [6.07, 6.45) is 4.09. The van der Waals surface area contributed by atoms with E-state index >= 15 is 0 Å². The second-order valence-corrected chi connectivity index (χ2v) is 5.46. The first-order valence-corrected chi connectivity index (χ1v) is 6.53. The molecule has 0 radical (unpaired) electrons. The van der Waals surface area contributed by atoms with Crippen molar-refractivity contribution in [3.8, 4) is 0 Å². The summed E-state index contributed by atoms with van der Waals surface area (Å²) in [7, 11) is 2.01. The zero-order valence-corrected chi connectivity index (χ0v) is 10.8. The molecular weight excluding hydrogens is 206 g/mol. The molecule has 1 rings (SSSR count). The van der Waals surface area contributed by atoms with Crippen LogP contribution in [0.25, 0.3) is 0 Å². The van der Waals surface area contributed by atoms with E-state index in [1.807, 2.05) is 29.7 Å². The topological polar surface area (TPSA) is 29.9 Å². The first kappa shape index (κ1) is 12.6. The Morgan fingerprint density at radius 2 is 2.27 bits per heavy atom. The van der Waals surface area contributed by atoms with Gasteiger partial charge in [-0.1, -0.05) is 13.8 Å². The molecule has 1 aromatic rings. The van der Waals surface area contributed by atoms with E-state index in [1.165, 1.54) is 5.56 Å². The van der Waals surface area contributed by atoms with Gasteiger partial charge in [-0.2, -0.15) is 16.9 Å². The lowest BCUT2D eigenvalue weighted by atomic mass is 10.2. The summed E-state index contributed by atoms with van der Waals surface area (Å²) in [4.78, 5) is 0. The number of nitrogens with zero attached hydrogens (tertiary/aromatic N) is 2. The van der Waals surface area contributed by atoms with Crippen molar-refractivity contribution in [3.63, 3.8) is 0 Å². The van der Waals surface area contributed by atoms with Crippen LogP contribution in [-0.2, 0) is 6.54 Å². The summed E-state index contributed by atoms with van der Waals surface area (Å²) in [5.41, 5.74) is 1.28. The summed E-state index contributed by atoms with van der Waals surface area (Å²) in [6.45, 7) is 7.50. The van der Waals surface area contributed by atoms with Gasteiger partial charge in [0.05, 0.1) is 6.20 Å². The Morgan fingerprint density at radius 3 is 2.73 bits per heavy atom. The van der Waals surface area contributed by atoms with E-state index in [4.69, 9.17) is 0 Å². The van der Waals surface area contributed by atoms with Gasteiger partial charge in [0.1, 0.15) is 0 Å². The number of rotatable bonds is 6. The van der Waals surface area contributed by atoms with Gasteiger partial charge in [0, 0.05) is 30.1 Å². The number of thioether (sulfide) groups is 1. The van der Waals surface area contributed by atoms with Crippen LogP contribution in [0, 0.1) is 0 Å². The summed E-state index contributed by atoms with van der Waals surface area (Å²) >= 11 is 1.98. The molecule has 0 saturated heterocycles. The SMILES string of the molecule is CCn1cc(C(CSC(C)C)NC)cn1. The molecule has 0 saturated carbocycles. The van der Waals surface area contributed by atoms with Crippen molar-refractivity contribution in [1.82, 2.24) is 15.1 Å². The highest BCUT2D eigenvalue weighted by atomic mass is 32.2. The molecule has 1 N–H and O–H groups in total. The van der Waals surface area contributed by atoms with Crippen molar-refractivity contribution < 1.29 is 0 Å². The van der Waals surface area contributed by atoms with Crippen molar-refractivity contribution in [1.29, 1.82) is 0 Å². The largest absolute Gasteiger partial charge is 0.312 e. The molecule has 86 valence electrons. The zero-order valence-electron chi connectivity index (χ0n) is 10.0. The zero-order chi connectivity index (χ0) is 11.3. The van der Waals surface area contributed by atoms with Crippen LogP contribution in [0.2, 0.25) is 0 Å². The van der Waals surface area contributed by atoms with E-state index < -0.39 is 0 Å². The van der Waals surface area contributed by atoms with Crippen molar-refractivity contribution >= 4 is 11.8 Å². The molecule has 0 aliphatic heterocycles. The van der Waals surface area contributed by atoms with Crippen LogP contribution in [0.15, 0.2) is 12.4 Å². The van der Waals surface area contributed by atoms with Crippen LogP contribution in [-0.4, -0.2) is 27.8 Å². The molecule has 1 aromatic heterocycles. The molecule has 4 heteroatoms. The van der Waals surface area contributed by atoms with Gasteiger partial charge in [0.25, 0.3) is 0 Å². The monoisotopic (exact) mass is 227 g/mol. The van der Waals surface area contributed by atoms with Gasteiger partial charge in [0.2, 0.25) is 0 Å². The highest BCUT2D eigenvalue weighted by molar-refractivity contribution is 7.99. The average Bonchev–Trinajstić information content (AvgIpc) is 2.67. The molecule has 0 aliphatic rings. The van der Waals surface area contributed by atoms with Gasteiger partial charge >= 0.3 is 0 Å². The highest BCUT2D eigenvalue weighted by Crippen LogP contribution is 2.20. The summed E-state index contributed by atoms with van der Waals surface area (Å²) in [6, 6.07) is 0.415. The number of hydrogen-bond acceptors (Lipinski definition) is 3. The minimum atomic E-state index is 0.415. The highest BCUT2D eigenvalue weighted by Gasteiger charge is 2.11. The van der Waals surface area contributed by atoms with E-state index in [9.17, 15) is 0 Å². The fourth-order valence-corrected chi connectivity index (χ4v) is 2.30. The first-order valence-electron chi connectivity index (χ1n) is 5.48. The molecule has 0 aliphatic carbocycles. The van der Waals surface area contributed by atoms with Crippen LogP contribution >= 0.6 is 11.8 Å². The Kier molecular flexibility index (Phi) is 5.19. The number of aryl methyl sites for hydroxylation is 1. The minimum Gasteiger partial charge on any atom is -0.312 e. The predicted molar refractivity (Wildman–Crippen MR) is 67.3 cm³/mol. The van der Waals surface area contributed by atoms with E-state index in [1.54, 1.807) is 0 Å². The molecule has 0 fully saturated rings. The Morgan fingerprint density at radius 1 is 1.53 bits per heavy atom. The second kappa shape index (κ2) is 6.18. The fraction of sp³-hybridized carbons (Fsp3) is 0.727. The van der Waals surface area contributed by atoms with Crippen LogP contribution in [0.1, 0.15) is 32.4 Å². The molecule has 0 aromatic carbocycles. The van der Waals surface area contributed by atoms with Crippen LogP contribution < -0.4 is 5.32 Å². The lowest BCUT2D eigenvalue weighted by molar-refractivity contribution is 0.645. The quantitative estimate of drug-likeness (QED) is 0.809. The number of nitrogens with one attached hydrogen (secondary N) is 1. The molecular formula is C11H21N3S. The summed E-state index contributed by atoms with van der Waals surface area (Å²) < 4.78 is 1.97. The Labute approximate surface area is 96.6 Å². The maximum Gasteiger partial charge on any atom is 0.0537 e. The third-order valence-electron chi connectivity index (χ3n) is 2.32. The van der Waals surface area contributed by atoms with E-state index in [0.29, 0.717) is 11.3 Å². The standard InChI is InChI=1S/C11H21N3S/c1-5-14-7-10(6-13-14)11(12-4)8-15-9(2)3/h6-7,9,11-12H,5,8H2,1-4H3. The molecule has 0 bridgehead atoms. The van der Waals surface area contributed by atoms with Gasteiger partial charge in [0.15, 0.2) is 0 Å². The second-order valence-electron chi connectivity index (χ2n) is 3.85. The van der Waals surface area contributed by atoms with Crippen molar-refractivity contribution in [3.05, 3.63) is 18.0 Å². The first-order chi connectivity index (χ1) is 7.17. The van der Waals surface area contributed by atoms with Crippen molar-refractivity contribution in [2.45, 2.75) is 38.6 Å². The molecule has 0 spiro atoms. The van der Waals surface area contributed by atoms with Crippen LogP contribution in [0.4, 0.5) is 0 Å². The molecule has 0 amide bonds. The smallest absolute Gasteiger partial charge is 0.0537 e. The van der Waals surface area contributed by atoms with E-state index in [-0.39, 0.29) is 0 Å². The van der Waals surface area contributed by atoms with Crippen molar-refractivity contribution in [2.24, 2.45) is 0 Å². The van der Waals surface area contributed by atoms with Crippen molar-refractivity contribution in [2.75, 3.05) is 12.8 Å². The Bertz CT molecular complexity index is 283. The number of aromatic nitrogens is 2. The molecule has 15 heavy (non-hydrogen) atoms. The Balaban J connectivity index is 2.57. The van der Waals surface area contributed by atoms with Gasteiger partial charge in [-0.25, -0.2) is 0 Å². The predicted octanol–water partition coefficient (Wildman–Crippen LogP) is 2.31.